The van der Waals surface area contributed by atoms with Gasteiger partial charge in [0.15, 0.2) is 0 Å². The van der Waals surface area contributed by atoms with Gasteiger partial charge in [-0.3, -0.25) is 4.79 Å². The quantitative estimate of drug-likeness (QED) is 0.869. The molecule has 0 unspecified atom stereocenters. The van der Waals surface area contributed by atoms with Crippen LogP contribution in [0, 0.1) is 13.8 Å². The number of halogens is 1. The van der Waals surface area contributed by atoms with Gasteiger partial charge in [0.25, 0.3) is 5.91 Å². The highest BCUT2D eigenvalue weighted by Crippen LogP contribution is 2.19. The number of carbonyl (C=O) groups excluding carboxylic acids is 1. The van der Waals surface area contributed by atoms with Crippen LogP contribution in [0.5, 0.6) is 0 Å². The van der Waals surface area contributed by atoms with Crippen molar-refractivity contribution in [1.29, 1.82) is 0 Å². The highest BCUT2D eigenvalue weighted by atomic mass is 79.9. The van der Waals surface area contributed by atoms with Crippen LogP contribution in [0.2, 0.25) is 0 Å². The lowest BCUT2D eigenvalue weighted by Gasteiger charge is -2.25. The second kappa shape index (κ2) is 5.27. The Bertz CT molecular complexity index is 387. The van der Waals surface area contributed by atoms with E-state index in [1.54, 1.807) is 0 Å². The first-order valence-corrected chi connectivity index (χ1v) is 7.12. The van der Waals surface area contributed by atoms with Crippen molar-refractivity contribution in [3.8, 4) is 0 Å². The molecule has 0 saturated heterocycles. The SMILES string of the molecule is Cc1nc(C)c(C(=O)NC(C)(C)CCBr)s1. The summed E-state index contributed by atoms with van der Waals surface area (Å²) in [5.74, 6) is -0.0194. The van der Waals surface area contributed by atoms with Crippen LogP contribution in [0.4, 0.5) is 0 Å². The van der Waals surface area contributed by atoms with E-state index in [1.807, 2.05) is 27.7 Å². The third-order valence-corrected chi connectivity index (χ3v) is 3.75. The van der Waals surface area contributed by atoms with Gasteiger partial charge in [-0.1, -0.05) is 15.9 Å². The molecule has 1 N–H and O–H groups in total. The Kier molecular flexibility index (Phi) is 4.50. The number of aryl methyl sites for hydroxylation is 2. The maximum absolute atomic E-state index is 12.0. The molecule has 1 rings (SSSR count). The fraction of sp³-hybridized carbons (Fsp3) is 0.636. The highest BCUT2D eigenvalue weighted by molar-refractivity contribution is 9.09. The van der Waals surface area contributed by atoms with Crippen molar-refractivity contribution in [2.75, 3.05) is 5.33 Å². The summed E-state index contributed by atoms with van der Waals surface area (Å²) in [6.45, 7) is 7.83. The summed E-state index contributed by atoms with van der Waals surface area (Å²) in [6, 6.07) is 0. The lowest BCUT2D eigenvalue weighted by molar-refractivity contribution is 0.0915. The topological polar surface area (TPSA) is 42.0 Å². The molecule has 0 fully saturated rings. The molecule has 0 bridgehead atoms. The van der Waals surface area contributed by atoms with Crippen molar-refractivity contribution in [2.24, 2.45) is 0 Å². The summed E-state index contributed by atoms with van der Waals surface area (Å²) in [7, 11) is 0. The summed E-state index contributed by atoms with van der Waals surface area (Å²) >= 11 is 4.84. The average Bonchev–Trinajstić information content (AvgIpc) is 2.44. The standard InChI is InChI=1S/C11H17BrN2OS/c1-7-9(16-8(2)13-7)10(15)14-11(3,4)5-6-12/h5-6H2,1-4H3,(H,14,15). The second-order valence-electron chi connectivity index (χ2n) is 4.42. The molecule has 0 atom stereocenters. The molecule has 0 aliphatic carbocycles. The first kappa shape index (κ1) is 13.6. The van der Waals surface area contributed by atoms with Gasteiger partial charge in [-0.15, -0.1) is 11.3 Å². The van der Waals surface area contributed by atoms with E-state index in [2.05, 4.69) is 26.2 Å². The first-order chi connectivity index (χ1) is 7.35. The normalized spacial score (nSPS) is 11.6. The largest absolute Gasteiger partial charge is 0.346 e. The van der Waals surface area contributed by atoms with Crippen LogP contribution in [0.3, 0.4) is 0 Å². The minimum atomic E-state index is -0.190. The summed E-state index contributed by atoms with van der Waals surface area (Å²) in [5.41, 5.74) is 0.625. The van der Waals surface area contributed by atoms with Gasteiger partial charge in [0.1, 0.15) is 4.88 Å². The lowest BCUT2D eigenvalue weighted by Crippen LogP contribution is -2.43. The summed E-state index contributed by atoms with van der Waals surface area (Å²) in [5, 5.41) is 4.84. The Morgan fingerprint density at radius 2 is 2.12 bits per heavy atom. The van der Waals surface area contributed by atoms with Crippen molar-refractivity contribution in [3.63, 3.8) is 0 Å². The van der Waals surface area contributed by atoms with E-state index in [0.717, 1.165) is 27.3 Å². The van der Waals surface area contributed by atoms with E-state index in [9.17, 15) is 4.79 Å². The molecule has 5 heteroatoms. The van der Waals surface area contributed by atoms with Gasteiger partial charge in [0.2, 0.25) is 0 Å². The molecule has 0 saturated carbocycles. The van der Waals surface area contributed by atoms with Gasteiger partial charge in [-0.05, 0) is 34.1 Å². The molecule has 1 aromatic heterocycles. The molecular formula is C11H17BrN2OS. The minimum Gasteiger partial charge on any atom is -0.346 e. The highest BCUT2D eigenvalue weighted by Gasteiger charge is 2.22. The summed E-state index contributed by atoms with van der Waals surface area (Å²) in [6.07, 6.45) is 0.898. The molecule has 16 heavy (non-hydrogen) atoms. The van der Waals surface area contributed by atoms with E-state index in [4.69, 9.17) is 0 Å². The van der Waals surface area contributed by atoms with Gasteiger partial charge < -0.3 is 5.32 Å². The number of carbonyl (C=O) groups is 1. The van der Waals surface area contributed by atoms with E-state index in [-0.39, 0.29) is 11.4 Å². The third-order valence-electron chi connectivity index (χ3n) is 2.28. The fourth-order valence-corrected chi connectivity index (χ4v) is 3.21. The smallest absolute Gasteiger partial charge is 0.263 e. The fourth-order valence-electron chi connectivity index (χ4n) is 1.40. The van der Waals surface area contributed by atoms with Gasteiger partial charge in [0.05, 0.1) is 10.7 Å². The predicted molar refractivity (Wildman–Crippen MR) is 71.5 cm³/mol. The van der Waals surface area contributed by atoms with E-state index >= 15 is 0 Å². The molecule has 0 radical (unpaired) electrons. The maximum atomic E-state index is 12.0. The molecular weight excluding hydrogens is 288 g/mol. The number of hydrogen-bond donors (Lipinski definition) is 1. The van der Waals surface area contributed by atoms with Gasteiger partial charge >= 0.3 is 0 Å². The van der Waals surface area contributed by atoms with Crippen LogP contribution in [-0.4, -0.2) is 21.8 Å². The number of hydrogen-bond acceptors (Lipinski definition) is 3. The first-order valence-electron chi connectivity index (χ1n) is 5.18. The zero-order valence-corrected chi connectivity index (χ0v) is 12.5. The summed E-state index contributed by atoms with van der Waals surface area (Å²) in [4.78, 5) is 17.0. The van der Waals surface area contributed by atoms with Gasteiger partial charge in [0, 0.05) is 10.9 Å². The number of amides is 1. The Morgan fingerprint density at radius 3 is 2.56 bits per heavy atom. The molecule has 1 aromatic rings. The number of nitrogens with zero attached hydrogens (tertiary/aromatic N) is 1. The monoisotopic (exact) mass is 304 g/mol. The van der Waals surface area contributed by atoms with E-state index in [1.165, 1.54) is 11.3 Å². The van der Waals surface area contributed by atoms with Crippen LogP contribution in [0.1, 0.15) is 40.6 Å². The molecule has 90 valence electrons. The van der Waals surface area contributed by atoms with Crippen molar-refractivity contribution in [3.05, 3.63) is 15.6 Å². The van der Waals surface area contributed by atoms with Crippen LogP contribution in [-0.2, 0) is 0 Å². The van der Waals surface area contributed by atoms with Crippen molar-refractivity contribution < 1.29 is 4.79 Å². The van der Waals surface area contributed by atoms with Gasteiger partial charge in [-0.25, -0.2) is 4.98 Å². The molecule has 1 heterocycles. The van der Waals surface area contributed by atoms with Crippen LogP contribution in [0.25, 0.3) is 0 Å². The number of thiazole rings is 1. The number of nitrogens with one attached hydrogen (secondary N) is 1. The van der Waals surface area contributed by atoms with Crippen LogP contribution < -0.4 is 5.32 Å². The molecule has 0 aliphatic rings. The second-order valence-corrected chi connectivity index (χ2v) is 6.42. The zero-order chi connectivity index (χ0) is 12.3. The molecule has 0 spiro atoms. The Labute approximate surface area is 109 Å². The number of rotatable bonds is 4. The van der Waals surface area contributed by atoms with Crippen molar-refractivity contribution >= 4 is 33.2 Å². The van der Waals surface area contributed by atoms with Crippen molar-refractivity contribution in [2.45, 2.75) is 39.7 Å². The third kappa shape index (κ3) is 3.56. The summed E-state index contributed by atoms with van der Waals surface area (Å²) < 4.78 is 0. The van der Waals surface area contributed by atoms with Crippen LogP contribution >= 0.6 is 27.3 Å². The molecule has 0 aromatic carbocycles. The lowest BCUT2D eigenvalue weighted by atomic mass is 10.0. The van der Waals surface area contributed by atoms with E-state index < -0.39 is 0 Å². The predicted octanol–water partition coefficient (Wildman–Crippen LogP) is 3.05. The average molecular weight is 305 g/mol. The zero-order valence-electron chi connectivity index (χ0n) is 10.1. The molecule has 3 nitrogen and oxygen atoms in total. The molecule has 0 aliphatic heterocycles. The van der Waals surface area contributed by atoms with E-state index in [0.29, 0.717) is 0 Å². The Balaban J connectivity index is 2.76. The Morgan fingerprint density at radius 1 is 1.50 bits per heavy atom. The maximum Gasteiger partial charge on any atom is 0.263 e. The number of alkyl halides is 1. The minimum absolute atomic E-state index is 0.0194. The molecule has 1 amide bonds. The van der Waals surface area contributed by atoms with Crippen LogP contribution in [0.15, 0.2) is 0 Å². The van der Waals surface area contributed by atoms with Gasteiger partial charge in [-0.2, -0.15) is 0 Å². The number of aromatic nitrogens is 1. The Hall–Kier alpha value is -0.420. The van der Waals surface area contributed by atoms with Crippen molar-refractivity contribution in [1.82, 2.24) is 10.3 Å².